The number of carbonyl (C=O) groups excluding carboxylic acids is 1. The molecule has 8 nitrogen and oxygen atoms in total. The van der Waals surface area contributed by atoms with Crippen LogP contribution in [0.25, 0.3) is 22.5 Å². The molecule has 5 aromatic rings. The van der Waals surface area contributed by atoms with E-state index in [9.17, 15) is 9.90 Å². The fraction of sp³-hybridized carbons (Fsp3) is 0.341. The van der Waals surface area contributed by atoms with Gasteiger partial charge in [-0.25, -0.2) is 4.68 Å². The number of fused-ring (bicyclic) bond motifs is 4. The van der Waals surface area contributed by atoms with E-state index in [1.807, 2.05) is 38.7 Å². The molecule has 2 aliphatic rings. The Morgan fingerprint density at radius 1 is 0.960 bits per heavy atom. The zero-order valence-electron chi connectivity index (χ0n) is 28.9. The van der Waals surface area contributed by atoms with Crippen LogP contribution >= 0.6 is 11.6 Å². The van der Waals surface area contributed by atoms with Crippen LogP contribution in [0.3, 0.4) is 0 Å². The number of rotatable bonds is 12. The average molecular weight is 689 g/mol. The van der Waals surface area contributed by atoms with Gasteiger partial charge in [-0.2, -0.15) is 10.2 Å². The normalized spacial score (nSPS) is 15.2. The summed E-state index contributed by atoms with van der Waals surface area (Å²) in [5.41, 5.74) is 9.69. The SMILES string of the molecule is CCCCN(CCCC)C(=O)c1nn2c(c1Cl)CC=C(N1Cc3ccccc3C[C@H]1CO)c1cc(-c3cnn(Cc4ccccc4)c3)ccc1-2. The first-order valence-electron chi connectivity index (χ1n) is 17.9. The second-order valence-corrected chi connectivity index (χ2v) is 13.8. The number of benzene rings is 3. The maximum atomic E-state index is 14.0. The molecule has 7 rings (SSSR count). The molecule has 1 atom stereocenters. The van der Waals surface area contributed by atoms with E-state index < -0.39 is 0 Å². The van der Waals surface area contributed by atoms with Crippen molar-refractivity contribution in [1.29, 1.82) is 0 Å². The Labute approximate surface area is 299 Å². The van der Waals surface area contributed by atoms with Crippen molar-refractivity contribution in [2.24, 2.45) is 0 Å². The van der Waals surface area contributed by atoms with Crippen LogP contribution in [-0.4, -0.2) is 66.1 Å². The van der Waals surface area contributed by atoms with Gasteiger partial charge in [0, 0.05) is 49.1 Å². The summed E-state index contributed by atoms with van der Waals surface area (Å²) in [5, 5.41) is 20.8. The standard InChI is InChI=1S/C41H45ClN6O2/c1-3-5-20-45(21-6-4-2)41(50)40-39(42)38-19-18-36(47-27-32-15-11-10-14-30(32)22-34(47)28-49)35-23-31(16-17-37(35)48(38)44-40)33-24-43-46(26-33)25-29-12-8-7-9-13-29/h7-18,23-24,26,34,49H,3-6,19-22,25,27-28H2,1-2H3/t34-/m0/s1. The van der Waals surface area contributed by atoms with Crippen LogP contribution in [0, 0.1) is 0 Å². The summed E-state index contributed by atoms with van der Waals surface area (Å²) in [6.07, 6.45) is 11.3. The first-order valence-corrected chi connectivity index (χ1v) is 18.3. The smallest absolute Gasteiger partial charge is 0.275 e. The Kier molecular flexibility index (Phi) is 10.2. The largest absolute Gasteiger partial charge is 0.394 e. The van der Waals surface area contributed by atoms with Crippen LogP contribution in [0.15, 0.2) is 91.3 Å². The van der Waals surface area contributed by atoms with Crippen molar-refractivity contribution in [2.45, 2.75) is 71.5 Å². The molecule has 0 aliphatic carbocycles. The maximum absolute atomic E-state index is 14.0. The van der Waals surface area contributed by atoms with Gasteiger partial charge in [-0.3, -0.25) is 9.48 Å². The van der Waals surface area contributed by atoms with Crippen molar-refractivity contribution in [3.05, 3.63) is 130 Å². The number of aliphatic hydroxyl groups is 1. The highest BCUT2D eigenvalue weighted by molar-refractivity contribution is 6.34. The molecule has 0 fully saturated rings. The second kappa shape index (κ2) is 15.1. The van der Waals surface area contributed by atoms with Crippen molar-refractivity contribution in [1.82, 2.24) is 29.4 Å². The number of hydrogen-bond donors (Lipinski definition) is 1. The number of amides is 1. The van der Waals surface area contributed by atoms with Crippen LogP contribution in [0.4, 0.5) is 0 Å². The molecular formula is C41H45ClN6O2. The van der Waals surface area contributed by atoms with Gasteiger partial charge in [-0.15, -0.1) is 0 Å². The van der Waals surface area contributed by atoms with Crippen molar-refractivity contribution in [3.8, 4) is 16.8 Å². The molecule has 0 spiro atoms. The lowest BCUT2D eigenvalue weighted by Crippen LogP contribution is -2.41. The quantitative estimate of drug-likeness (QED) is 0.145. The molecule has 4 heterocycles. The van der Waals surface area contributed by atoms with E-state index in [4.69, 9.17) is 16.7 Å². The Bertz CT molecular complexity index is 1990. The van der Waals surface area contributed by atoms with Crippen molar-refractivity contribution >= 4 is 23.2 Å². The molecule has 0 bridgehead atoms. The minimum Gasteiger partial charge on any atom is -0.394 e. The number of halogens is 1. The molecule has 2 aromatic heterocycles. The molecule has 0 saturated carbocycles. The molecular weight excluding hydrogens is 644 g/mol. The van der Waals surface area contributed by atoms with Crippen LogP contribution < -0.4 is 0 Å². The first kappa shape index (κ1) is 33.8. The van der Waals surface area contributed by atoms with Gasteiger partial charge in [0.2, 0.25) is 0 Å². The lowest BCUT2D eigenvalue weighted by Gasteiger charge is -2.39. The summed E-state index contributed by atoms with van der Waals surface area (Å²) in [5.74, 6) is -0.112. The third-order valence-corrected chi connectivity index (χ3v) is 10.4. The number of nitrogens with zero attached hydrogens (tertiary/aromatic N) is 6. The highest BCUT2D eigenvalue weighted by Crippen LogP contribution is 2.39. The van der Waals surface area contributed by atoms with Crippen LogP contribution in [0.5, 0.6) is 0 Å². The molecule has 3 aromatic carbocycles. The maximum Gasteiger partial charge on any atom is 0.275 e. The molecule has 9 heteroatoms. The Balaban J connectivity index is 1.31. The van der Waals surface area contributed by atoms with E-state index in [-0.39, 0.29) is 18.6 Å². The van der Waals surface area contributed by atoms with E-state index in [0.717, 1.165) is 65.9 Å². The second-order valence-electron chi connectivity index (χ2n) is 13.4. The number of allylic oxidation sites excluding steroid dienone is 1. The minimum atomic E-state index is -0.112. The minimum absolute atomic E-state index is 0.0300. The molecule has 0 unspecified atom stereocenters. The molecule has 0 radical (unpaired) electrons. The molecule has 0 saturated heterocycles. The van der Waals surface area contributed by atoms with Gasteiger partial charge in [-0.1, -0.05) is 105 Å². The zero-order valence-corrected chi connectivity index (χ0v) is 29.7. The number of unbranched alkanes of at least 4 members (excludes halogenated alkanes) is 2. The average Bonchev–Trinajstić information content (AvgIpc) is 3.71. The highest BCUT2D eigenvalue weighted by atomic mass is 35.5. The van der Waals surface area contributed by atoms with E-state index in [1.165, 1.54) is 16.7 Å². The monoisotopic (exact) mass is 688 g/mol. The van der Waals surface area contributed by atoms with Crippen molar-refractivity contribution in [2.75, 3.05) is 19.7 Å². The lowest BCUT2D eigenvalue weighted by molar-refractivity contribution is 0.0744. The summed E-state index contributed by atoms with van der Waals surface area (Å²) < 4.78 is 3.84. The van der Waals surface area contributed by atoms with E-state index in [0.29, 0.717) is 43.3 Å². The van der Waals surface area contributed by atoms with Gasteiger partial charge >= 0.3 is 0 Å². The number of carbonyl (C=O) groups is 1. The van der Waals surface area contributed by atoms with E-state index >= 15 is 0 Å². The predicted molar refractivity (Wildman–Crippen MR) is 199 cm³/mol. The number of aromatic nitrogens is 4. The summed E-state index contributed by atoms with van der Waals surface area (Å²) in [6.45, 7) is 7.04. The van der Waals surface area contributed by atoms with E-state index in [1.54, 1.807) is 0 Å². The van der Waals surface area contributed by atoms with E-state index in [2.05, 4.69) is 90.7 Å². The summed E-state index contributed by atoms with van der Waals surface area (Å²) in [4.78, 5) is 18.2. The van der Waals surface area contributed by atoms with Gasteiger partial charge < -0.3 is 14.9 Å². The van der Waals surface area contributed by atoms with Gasteiger partial charge in [-0.05, 0) is 53.6 Å². The number of aliphatic hydroxyl groups excluding tert-OH is 1. The third kappa shape index (κ3) is 6.74. The van der Waals surface area contributed by atoms with Gasteiger partial charge in [0.15, 0.2) is 5.69 Å². The van der Waals surface area contributed by atoms with Crippen LogP contribution in [0.2, 0.25) is 5.02 Å². The lowest BCUT2D eigenvalue weighted by atomic mass is 9.92. The highest BCUT2D eigenvalue weighted by Gasteiger charge is 2.33. The molecule has 50 heavy (non-hydrogen) atoms. The van der Waals surface area contributed by atoms with Crippen molar-refractivity contribution in [3.63, 3.8) is 0 Å². The summed E-state index contributed by atoms with van der Waals surface area (Å²) >= 11 is 7.12. The predicted octanol–water partition coefficient (Wildman–Crippen LogP) is 7.80. The zero-order chi connectivity index (χ0) is 34.6. The molecule has 2 aliphatic heterocycles. The fourth-order valence-electron chi connectivity index (χ4n) is 7.19. The molecule has 258 valence electrons. The first-order chi connectivity index (χ1) is 24.5. The fourth-order valence-corrected chi connectivity index (χ4v) is 7.47. The van der Waals surface area contributed by atoms with Gasteiger partial charge in [0.1, 0.15) is 0 Å². The number of hydrogen-bond acceptors (Lipinski definition) is 5. The summed E-state index contributed by atoms with van der Waals surface area (Å²) in [6, 6.07) is 25.1. The van der Waals surface area contributed by atoms with Crippen LogP contribution in [-0.2, 0) is 25.9 Å². The summed E-state index contributed by atoms with van der Waals surface area (Å²) in [7, 11) is 0. The van der Waals surface area contributed by atoms with Crippen LogP contribution in [0.1, 0.15) is 78.0 Å². The Morgan fingerprint density at radius 2 is 1.70 bits per heavy atom. The molecule has 1 N–H and O–H groups in total. The topological polar surface area (TPSA) is 79.4 Å². The third-order valence-electron chi connectivity index (χ3n) is 9.99. The molecule has 1 amide bonds. The van der Waals surface area contributed by atoms with Gasteiger partial charge in [0.25, 0.3) is 5.91 Å². The Morgan fingerprint density at radius 3 is 2.44 bits per heavy atom. The van der Waals surface area contributed by atoms with Crippen molar-refractivity contribution < 1.29 is 9.90 Å². The Hall–Kier alpha value is -4.66. The van der Waals surface area contributed by atoms with Gasteiger partial charge in [0.05, 0.1) is 41.8 Å².